The Balaban J connectivity index is 0.00000162. The van der Waals surface area contributed by atoms with Crippen molar-refractivity contribution in [3.63, 3.8) is 0 Å². The number of allylic oxidation sites excluding steroid dienone is 2. The van der Waals surface area contributed by atoms with Crippen molar-refractivity contribution in [2.75, 3.05) is 0 Å². The number of rotatable bonds is 3. The van der Waals surface area contributed by atoms with E-state index in [2.05, 4.69) is 74.5 Å². The summed E-state index contributed by atoms with van der Waals surface area (Å²) in [5, 5.41) is 0. The van der Waals surface area contributed by atoms with Gasteiger partial charge in [-0.25, -0.2) is 0 Å². The maximum atomic E-state index is 2.19. The van der Waals surface area contributed by atoms with Crippen molar-refractivity contribution in [3.8, 4) is 0 Å². The molecule has 2 rings (SSSR count). The maximum absolute atomic E-state index is 2.19. The third kappa shape index (κ3) is 4.09. The molecule has 0 bridgehead atoms. The van der Waals surface area contributed by atoms with Gasteiger partial charge in [-0.2, -0.15) is 0 Å². The molecule has 0 unspecified atom stereocenters. The molecule has 18 heavy (non-hydrogen) atoms. The van der Waals surface area contributed by atoms with E-state index in [-0.39, 0.29) is 27.3 Å². The molecule has 92 valence electrons. The van der Waals surface area contributed by atoms with Crippen LogP contribution in [0.25, 0.3) is 5.57 Å². The van der Waals surface area contributed by atoms with Gasteiger partial charge in [-0.1, -0.05) is 66.2 Å². The quantitative estimate of drug-likeness (QED) is 0.649. The van der Waals surface area contributed by atoms with E-state index < -0.39 is 0 Å². The van der Waals surface area contributed by atoms with E-state index >= 15 is 0 Å². The van der Waals surface area contributed by atoms with Crippen LogP contribution in [0.4, 0.5) is 0 Å². The Hall–Kier alpha value is -0.898. The monoisotopic (exact) mass is 432 g/mol. The van der Waals surface area contributed by atoms with Crippen LogP contribution in [0, 0.1) is 0 Å². The predicted molar refractivity (Wildman–Crippen MR) is 83.4 cm³/mol. The minimum atomic E-state index is 0. The van der Waals surface area contributed by atoms with Crippen molar-refractivity contribution >= 4 is 32.9 Å². The van der Waals surface area contributed by atoms with Crippen LogP contribution < -0.4 is 0 Å². The summed E-state index contributed by atoms with van der Waals surface area (Å²) in [6.07, 6.45) is 1.01. The second kappa shape index (κ2) is 7.52. The Morgan fingerprint density at radius 2 is 1.28 bits per heavy atom. The number of hydrogen-bond donors (Lipinski definition) is 0. The van der Waals surface area contributed by atoms with E-state index in [9.17, 15) is 0 Å². The summed E-state index contributed by atoms with van der Waals surface area (Å²) in [4.78, 5) is 0. The second-order valence-corrected chi connectivity index (χ2v) is 4.51. The molecule has 0 atom stereocenters. The van der Waals surface area contributed by atoms with Gasteiger partial charge in [0, 0.05) is 0 Å². The summed E-state index contributed by atoms with van der Waals surface area (Å²) in [7, 11) is 0. The molecule has 0 nitrogen and oxygen atoms in total. The molecular formula is C17H20Pb. The fourth-order valence-corrected chi connectivity index (χ4v) is 2.01. The molecule has 0 amide bonds. The molecule has 2 aromatic carbocycles. The van der Waals surface area contributed by atoms with E-state index in [0.29, 0.717) is 0 Å². The van der Waals surface area contributed by atoms with Gasteiger partial charge in [0.2, 0.25) is 0 Å². The van der Waals surface area contributed by atoms with E-state index in [1.165, 1.54) is 22.3 Å². The van der Waals surface area contributed by atoms with Crippen molar-refractivity contribution in [1.29, 1.82) is 0 Å². The topological polar surface area (TPSA) is 0 Å². The zero-order valence-corrected chi connectivity index (χ0v) is 16.7. The first-order valence-electron chi connectivity index (χ1n) is 6.03. The summed E-state index contributed by atoms with van der Waals surface area (Å²) < 4.78 is 0. The Morgan fingerprint density at radius 3 is 1.78 bits per heavy atom. The molecule has 0 spiro atoms. The van der Waals surface area contributed by atoms with Gasteiger partial charge >= 0.3 is 27.3 Å². The van der Waals surface area contributed by atoms with Gasteiger partial charge in [-0.3, -0.25) is 0 Å². The van der Waals surface area contributed by atoms with Crippen LogP contribution >= 0.6 is 0 Å². The average Bonchev–Trinajstić information content (AvgIpc) is 2.38. The molecule has 0 saturated carbocycles. The molecule has 0 aromatic heterocycles. The average molecular weight is 432 g/mol. The van der Waals surface area contributed by atoms with Gasteiger partial charge in [0.15, 0.2) is 0 Å². The molecular weight excluding hydrogens is 411 g/mol. The summed E-state index contributed by atoms with van der Waals surface area (Å²) >= 11 is 0. The zero-order chi connectivity index (χ0) is 12.1. The minimum absolute atomic E-state index is 0. The van der Waals surface area contributed by atoms with E-state index in [1.54, 1.807) is 0 Å². The molecule has 0 N–H and O–H groups in total. The van der Waals surface area contributed by atoms with Gasteiger partial charge in [0.25, 0.3) is 0 Å². The van der Waals surface area contributed by atoms with Crippen molar-refractivity contribution in [1.82, 2.24) is 0 Å². The third-order valence-corrected chi connectivity index (χ3v) is 2.95. The van der Waals surface area contributed by atoms with Crippen molar-refractivity contribution < 1.29 is 0 Å². The molecule has 0 aliphatic carbocycles. The normalized spacial score (nSPS) is 9.44. The summed E-state index contributed by atoms with van der Waals surface area (Å²) in [5.74, 6) is 0. The van der Waals surface area contributed by atoms with Crippen LogP contribution in [-0.2, 0) is 6.42 Å². The van der Waals surface area contributed by atoms with Crippen LogP contribution in [0.3, 0.4) is 0 Å². The fourth-order valence-electron chi connectivity index (χ4n) is 2.01. The molecule has 0 aliphatic rings. The molecule has 1 heteroatoms. The van der Waals surface area contributed by atoms with E-state index in [1.807, 2.05) is 0 Å². The van der Waals surface area contributed by atoms with Gasteiger partial charge in [-0.05, 0) is 37.0 Å². The standard InChI is InChI=1S/C17H18.Pb.2H/c1-14(2)17(16-11-7-4-8-12-16)13-15-9-5-3-6-10-15;;;/h3-12H,13H2,1-2H3;;;. The first-order chi connectivity index (χ1) is 8.27. The Bertz CT molecular complexity index is 494. The first kappa shape index (κ1) is 15.2. The van der Waals surface area contributed by atoms with Crippen LogP contribution in [0.1, 0.15) is 25.0 Å². The van der Waals surface area contributed by atoms with Crippen molar-refractivity contribution in [3.05, 3.63) is 77.4 Å². The van der Waals surface area contributed by atoms with E-state index in [0.717, 1.165) is 6.42 Å². The van der Waals surface area contributed by atoms with Gasteiger partial charge in [-0.15, -0.1) is 0 Å². The van der Waals surface area contributed by atoms with Gasteiger partial charge in [0.1, 0.15) is 0 Å². The van der Waals surface area contributed by atoms with Crippen LogP contribution in [-0.4, -0.2) is 27.3 Å². The Kier molecular flexibility index (Phi) is 6.33. The van der Waals surface area contributed by atoms with Crippen LogP contribution in [0.15, 0.2) is 66.2 Å². The molecule has 0 fully saturated rings. The number of benzene rings is 2. The second-order valence-electron chi connectivity index (χ2n) is 4.51. The van der Waals surface area contributed by atoms with Gasteiger partial charge in [0.05, 0.1) is 0 Å². The van der Waals surface area contributed by atoms with Crippen LogP contribution in [0.5, 0.6) is 0 Å². The van der Waals surface area contributed by atoms with Crippen molar-refractivity contribution in [2.24, 2.45) is 0 Å². The van der Waals surface area contributed by atoms with E-state index in [4.69, 9.17) is 0 Å². The number of hydrogen-bond acceptors (Lipinski definition) is 0. The fraction of sp³-hybridized carbons (Fsp3) is 0.176. The summed E-state index contributed by atoms with van der Waals surface area (Å²) in [6.45, 7) is 4.37. The third-order valence-electron chi connectivity index (χ3n) is 2.95. The zero-order valence-electron chi connectivity index (χ0n) is 11.2. The molecule has 0 aliphatic heterocycles. The van der Waals surface area contributed by atoms with Crippen molar-refractivity contribution in [2.45, 2.75) is 20.3 Å². The summed E-state index contributed by atoms with van der Waals surface area (Å²) in [5.41, 5.74) is 5.51. The predicted octanol–water partition coefficient (Wildman–Crippen LogP) is 3.81. The Morgan fingerprint density at radius 1 is 0.778 bits per heavy atom. The molecule has 2 aromatic rings. The summed E-state index contributed by atoms with van der Waals surface area (Å²) in [6, 6.07) is 21.3. The molecule has 0 heterocycles. The molecule has 0 saturated heterocycles. The van der Waals surface area contributed by atoms with Crippen LogP contribution in [0.2, 0.25) is 0 Å². The first-order valence-corrected chi connectivity index (χ1v) is 6.03. The van der Waals surface area contributed by atoms with Gasteiger partial charge < -0.3 is 0 Å². The Labute approximate surface area is 130 Å². The molecule has 2 radical (unpaired) electrons. The SMILES string of the molecule is CC(C)=C(Cc1ccccc1)c1ccccc1.[PbH2].